The van der Waals surface area contributed by atoms with Gasteiger partial charge in [0.2, 0.25) is 5.91 Å². The number of aromatic amines is 2. The van der Waals surface area contributed by atoms with E-state index in [1.807, 2.05) is 4.98 Å². The standard InChI is InChI=1S/C10H13N3O6/c14-2-1-6(9(17)18)12-7(15)3-5-4-8(16)13-10(19)11-5/h4,6,14H,1-3H2,(H,12,15)(H,17,18)(H2,11,13,16,19). The highest BCUT2D eigenvalue weighted by atomic mass is 16.4. The number of amides is 1. The predicted molar refractivity (Wildman–Crippen MR) is 62.7 cm³/mol. The van der Waals surface area contributed by atoms with Crippen LogP contribution in [0.5, 0.6) is 0 Å². The molecule has 0 spiro atoms. The molecule has 0 saturated heterocycles. The van der Waals surface area contributed by atoms with Gasteiger partial charge in [0.25, 0.3) is 5.56 Å². The third-order valence-corrected chi connectivity index (χ3v) is 2.22. The van der Waals surface area contributed by atoms with Gasteiger partial charge in [0.05, 0.1) is 6.42 Å². The Hall–Kier alpha value is -2.42. The smallest absolute Gasteiger partial charge is 0.326 e. The minimum Gasteiger partial charge on any atom is -0.480 e. The van der Waals surface area contributed by atoms with Crippen LogP contribution in [0, 0.1) is 0 Å². The number of aromatic nitrogens is 2. The highest BCUT2D eigenvalue weighted by molar-refractivity contribution is 5.84. The summed E-state index contributed by atoms with van der Waals surface area (Å²) in [6.45, 7) is -0.390. The van der Waals surface area contributed by atoms with Crippen LogP contribution in [0.15, 0.2) is 15.7 Å². The molecule has 19 heavy (non-hydrogen) atoms. The van der Waals surface area contributed by atoms with Crippen LogP contribution in [0.25, 0.3) is 0 Å². The third-order valence-electron chi connectivity index (χ3n) is 2.22. The van der Waals surface area contributed by atoms with E-state index >= 15 is 0 Å². The molecule has 5 N–H and O–H groups in total. The third kappa shape index (κ3) is 4.76. The molecular weight excluding hydrogens is 258 g/mol. The number of nitrogens with one attached hydrogen (secondary N) is 3. The molecule has 0 fully saturated rings. The van der Waals surface area contributed by atoms with Gasteiger partial charge in [-0.2, -0.15) is 0 Å². The number of carbonyl (C=O) groups excluding carboxylic acids is 1. The maximum absolute atomic E-state index is 11.5. The zero-order valence-electron chi connectivity index (χ0n) is 9.80. The molecule has 1 aromatic rings. The molecule has 0 radical (unpaired) electrons. The second-order valence-corrected chi connectivity index (χ2v) is 3.76. The highest BCUT2D eigenvalue weighted by Crippen LogP contribution is 1.94. The molecule has 1 amide bonds. The van der Waals surface area contributed by atoms with Gasteiger partial charge in [-0.05, 0) is 0 Å². The Morgan fingerprint density at radius 1 is 1.32 bits per heavy atom. The van der Waals surface area contributed by atoms with E-state index in [-0.39, 0.29) is 25.1 Å². The Morgan fingerprint density at radius 3 is 2.53 bits per heavy atom. The van der Waals surface area contributed by atoms with Crippen LogP contribution in [0.3, 0.4) is 0 Å². The Balaban J connectivity index is 2.71. The molecule has 9 heteroatoms. The van der Waals surface area contributed by atoms with Gasteiger partial charge in [0.1, 0.15) is 6.04 Å². The van der Waals surface area contributed by atoms with Crippen molar-refractivity contribution in [1.29, 1.82) is 0 Å². The second-order valence-electron chi connectivity index (χ2n) is 3.76. The summed E-state index contributed by atoms with van der Waals surface area (Å²) in [5.74, 6) is -1.95. The van der Waals surface area contributed by atoms with Gasteiger partial charge in [-0.3, -0.25) is 14.6 Å². The van der Waals surface area contributed by atoms with E-state index in [0.717, 1.165) is 6.07 Å². The molecule has 1 atom stereocenters. The lowest BCUT2D eigenvalue weighted by Gasteiger charge is -2.12. The second kappa shape index (κ2) is 6.50. The SMILES string of the molecule is O=C(Cc1cc(=O)[nH]c(=O)[nH]1)NC(CCO)C(=O)O. The lowest BCUT2D eigenvalue weighted by Crippen LogP contribution is -2.42. The van der Waals surface area contributed by atoms with E-state index in [1.165, 1.54) is 0 Å². The molecule has 0 aliphatic rings. The molecule has 9 nitrogen and oxygen atoms in total. The summed E-state index contributed by atoms with van der Waals surface area (Å²) in [5, 5.41) is 19.6. The number of aliphatic hydroxyl groups is 1. The van der Waals surface area contributed by atoms with Gasteiger partial charge in [0, 0.05) is 24.8 Å². The van der Waals surface area contributed by atoms with Crippen LogP contribution >= 0.6 is 0 Å². The Kier molecular flexibility index (Phi) is 5.01. The summed E-state index contributed by atoms with van der Waals surface area (Å²) < 4.78 is 0. The van der Waals surface area contributed by atoms with E-state index in [2.05, 4.69) is 10.3 Å². The minimum atomic E-state index is -1.28. The molecule has 1 heterocycles. The molecule has 104 valence electrons. The van der Waals surface area contributed by atoms with E-state index < -0.39 is 29.2 Å². The summed E-state index contributed by atoms with van der Waals surface area (Å²) in [6, 6.07) is -0.186. The van der Waals surface area contributed by atoms with Crippen molar-refractivity contribution in [3.8, 4) is 0 Å². The normalized spacial score (nSPS) is 11.8. The predicted octanol–water partition coefficient (Wildman–Crippen LogP) is -2.44. The van der Waals surface area contributed by atoms with Crippen LogP contribution in [-0.4, -0.2) is 44.7 Å². The van der Waals surface area contributed by atoms with E-state index in [4.69, 9.17) is 10.2 Å². The molecular formula is C10H13N3O6. The van der Waals surface area contributed by atoms with Gasteiger partial charge in [0.15, 0.2) is 0 Å². The number of hydrogen-bond donors (Lipinski definition) is 5. The summed E-state index contributed by atoms with van der Waals surface area (Å²) >= 11 is 0. The zero-order chi connectivity index (χ0) is 14.4. The van der Waals surface area contributed by atoms with Crippen molar-refractivity contribution in [2.45, 2.75) is 18.9 Å². The van der Waals surface area contributed by atoms with Crippen molar-refractivity contribution in [3.63, 3.8) is 0 Å². The molecule has 0 saturated carbocycles. The molecule has 0 bridgehead atoms. The molecule has 0 aromatic carbocycles. The molecule has 0 aliphatic carbocycles. The average molecular weight is 271 g/mol. The van der Waals surface area contributed by atoms with Gasteiger partial charge < -0.3 is 20.5 Å². The Morgan fingerprint density at radius 2 is 2.00 bits per heavy atom. The number of carboxylic acid groups (broad SMARTS) is 1. The fourth-order valence-electron chi connectivity index (χ4n) is 1.42. The van der Waals surface area contributed by atoms with E-state index in [1.54, 1.807) is 0 Å². The van der Waals surface area contributed by atoms with Crippen LogP contribution in [0.2, 0.25) is 0 Å². The number of aliphatic carboxylic acids is 1. The van der Waals surface area contributed by atoms with Crippen molar-refractivity contribution >= 4 is 11.9 Å². The number of rotatable bonds is 6. The van der Waals surface area contributed by atoms with Crippen LogP contribution < -0.4 is 16.6 Å². The van der Waals surface area contributed by atoms with Crippen molar-refractivity contribution < 1.29 is 19.8 Å². The maximum Gasteiger partial charge on any atom is 0.326 e. The first-order valence-electron chi connectivity index (χ1n) is 5.38. The fraction of sp³-hybridized carbons (Fsp3) is 0.400. The average Bonchev–Trinajstić information content (AvgIpc) is 2.26. The quantitative estimate of drug-likeness (QED) is 0.387. The van der Waals surface area contributed by atoms with Crippen molar-refractivity contribution in [1.82, 2.24) is 15.3 Å². The van der Waals surface area contributed by atoms with Crippen molar-refractivity contribution in [2.24, 2.45) is 0 Å². The van der Waals surface area contributed by atoms with Gasteiger partial charge >= 0.3 is 11.7 Å². The highest BCUT2D eigenvalue weighted by Gasteiger charge is 2.19. The summed E-state index contributed by atoms with van der Waals surface area (Å²) in [5.41, 5.74) is -1.34. The van der Waals surface area contributed by atoms with E-state index in [9.17, 15) is 19.2 Å². The minimum absolute atomic E-state index is 0.0689. The summed E-state index contributed by atoms with van der Waals surface area (Å²) in [4.78, 5) is 48.4. The number of hydrogen-bond acceptors (Lipinski definition) is 5. The first-order chi connectivity index (χ1) is 8.92. The molecule has 1 unspecified atom stereocenters. The maximum atomic E-state index is 11.5. The number of carboxylic acids is 1. The van der Waals surface area contributed by atoms with Gasteiger partial charge in [-0.1, -0.05) is 0 Å². The number of aliphatic hydroxyl groups excluding tert-OH is 1. The number of carbonyl (C=O) groups is 2. The monoisotopic (exact) mass is 271 g/mol. The largest absolute Gasteiger partial charge is 0.480 e. The molecule has 0 aliphatic heterocycles. The van der Waals surface area contributed by atoms with Gasteiger partial charge in [-0.15, -0.1) is 0 Å². The first kappa shape index (κ1) is 14.6. The van der Waals surface area contributed by atoms with Crippen LogP contribution in [0.1, 0.15) is 12.1 Å². The molecule has 1 rings (SSSR count). The first-order valence-corrected chi connectivity index (χ1v) is 5.38. The summed E-state index contributed by atoms with van der Waals surface area (Å²) in [6.07, 6.45) is -0.471. The lowest BCUT2D eigenvalue weighted by atomic mass is 10.2. The van der Waals surface area contributed by atoms with Gasteiger partial charge in [-0.25, -0.2) is 9.59 Å². The number of H-pyrrole nitrogens is 2. The topological polar surface area (TPSA) is 152 Å². The molecule has 1 aromatic heterocycles. The van der Waals surface area contributed by atoms with Crippen molar-refractivity contribution in [3.05, 3.63) is 32.6 Å². The van der Waals surface area contributed by atoms with Crippen LogP contribution in [0.4, 0.5) is 0 Å². The zero-order valence-corrected chi connectivity index (χ0v) is 9.80. The lowest BCUT2D eigenvalue weighted by molar-refractivity contribution is -0.142. The van der Waals surface area contributed by atoms with E-state index in [0.29, 0.717) is 0 Å². The van der Waals surface area contributed by atoms with Crippen molar-refractivity contribution in [2.75, 3.05) is 6.61 Å². The Labute approximate surface area is 106 Å². The fourth-order valence-corrected chi connectivity index (χ4v) is 1.42. The van der Waals surface area contributed by atoms with Crippen LogP contribution in [-0.2, 0) is 16.0 Å². The Bertz CT molecular complexity index is 547. The summed E-state index contributed by atoms with van der Waals surface area (Å²) in [7, 11) is 0.